The van der Waals surface area contributed by atoms with Crippen molar-refractivity contribution in [3.63, 3.8) is 0 Å². The van der Waals surface area contributed by atoms with Crippen molar-refractivity contribution in [1.29, 1.82) is 0 Å². The standard InChI is InChI=1S/C14H14BrFN2O2S/c15-12-4-5-13(16)14(7-12)18-21(19,20)9-11-3-1-2-10(6-11)8-17/h1-7,18H,8-9,17H2. The zero-order valence-electron chi connectivity index (χ0n) is 11.0. The molecule has 0 atom stereocenters. The summed E-state index contributed by atoms with van der Waals surface area (Å²) in [4.78, 5) is 0. The number of hydrogen-bond acceptors (Lipinski definition) is 3. The summed E-state index contributed by atoms with van der Waals surface area (Å²) in [5.74, 6) is -0.871. The third kappa shape index (κ3) is 4.52. The molecule has 2 rings (SSSR count). The first-order valence-electron chi connectivity index (χ1n) is 6.13. The lowest BCUT2D eigenvalue weighted by Crippen LogP contribution is -2.16. The SMILES string of the molecule is NCc1cccc(CS(=O)(=O)Nc2cc(Br)ccc2F)c1. The monoisotopic (exact) mass is 372 g/mol. The van der Waals surface area contributed by atoms with Gasteiger partial charge in [-0.3, -0.25) is 4.72 Å². The molecule has 0 fully saturated rings. The Bertz CT molecular complexity index is 750. The van der Waals surface area contributed by atoms with Gasteiger partial charge in [0.25, 0.3) is 0 Å². The number of benzene rings is 2. The van der Waals surface area contributed by atoms with Crippen LogP contribution in [0.25, 0.3) is 0 Å². The summed E-state index contributed by atoms with van der Waals surface area (Å²) in [7, 11) is -3.70. The van der Waals surface area contributed by atoms with E-state index in [2.05, 4.69) is 20.7 Å². The van der Waals surface area contributed by atoms with Crippen molar-refractivity contribution < 1.29 is 12.8 Å². The van der Waals surface area contributed by atoms with Gasteiger partial charge in [-0.2, -0.15) is 0 Å². The van der Waals surface area contributed by atoms with Gasteiger partial charge in [-0.1, -0.05) is 40.2 Å². The predicted octanol–water partition coefficient (Wildman–Crippen LogP) is 2.99. The molecule has 0 saturated carbocycles. The van der Waals surface area contributed by atoms with Crippen LogP contribution >= 0.6 is 15.9 Å². The van der Waals surface area contributed by atoms with Crippen molar-refractivity contribution in [3.05, 3.63) is 63.9 Å². The van der Waals surface area contributed by atoms with Crippen molar-refractivity contribution in [2.24, 2.45) is 5.73 Å². The van der Waals surface area contributed by atoms with E-state index in [-0.39, 0.29) is 11.4 Å². The molecule has 0 unspecified atom stereocenters. The summed E-state index contributed by atoms with van der Waals surface area (Å²) in [6.07, 6.45) is 0. The van der Waals surface area contributed by atoms with Crippen LogP contribution in [0, 0.1) is 5.82 Å². The fraction of sp³-hybridized carbons (Fsp3) is 0.143. The molecule has 0 saturated heterocycles. The third-order valence-corrected chi connectivity index (χ3v) is 4.52. The Morgan fingerprint density at radius 2 is 1.86 bits per heavy atom. The quantitative estimate of drug-likeness (QED) is 0.847. The Morgan fingerprint density at radius 1 is 1.14 bits per heavy atom. The van der Waals surface area contributed by atoms with Gasteiger partial charge in [0.1, 0.15) is 5.82 Å². The third-order valence-electron chi connectivity index (χ3n) is 2.78. The van der Waals surface area contributed by atoms with Crippen molar-refractivity contribution >= 4 is 31.6 Å². The van der Waals surface area contributed by atoms with Gasteiger partial charge in [0, 0.05) is 11.0 Å². The van der Waals surface area contributed by atoms with Gasteiger partial charge in [0.05, 0.1) is 11.4 Å². The predicted molar refractivity (Wildman–Crippen MR) is 84.7 cm³/mol. The highest BCUT2D eigenvalue weighted by molar-refractivity contribution is 9.10. The molecule has 112 valence electrons. The average molecular weight is 373 g/mol. The number of hydrogen-bond donors (Lipinski definition) is 2. The molecule has 0 aliphatic heterocycles. The van der Waals surface area contributed by atoms with Gasteiger partial charge in [-0.25, -0.2) is 12.8 Å². The van der Waals surface area contributed by atoms with Crippen molar-refractivity contribution in [3.8, 4) is 0 Å². The summed E-state index contributed by atoms with van der Waals surface area (Å²) >= 11 is 3.17. The highest BCUT2D eigenvalue weighted by Gasteiger charge is 2.14. The molecular weight excluding hydrogens is 359 g/mol. The highest BCUT2D eigenvalue weighted by Crippen LogP contribution is 2.22. The fourth-order valence-corrected chi connectivity index (χ4v) is 3.39. The molecule has 7 heteroatoms. The number of halogens is 2. The van der Waals surface area contributed by atoms with E-state index in [1.165, 1.54) is 18.2 Å². The Balaban J connectivity index is 2.20. The first-order chi connectivity index (χ1) is 9.89. The zero-order valence-corrected chi connectivity index (χ0v) is 13.4. The van der Waals surface area contributed by atoms with E-state index in [0.29, 0.717) is 16.6 Å². The van der Waals surface area contributed by atoms with Crippen LogP contribution in [0.4, 0.5) is 10.1 Å². The first-order valence-corrected chi connectivity index (χ1v) is 8.57. The largest absolute Gasteiger partial charge is 0.326 e. The van der Waals surface area contributed by atoms with Crippen LogP contribution in [0.15, 0.2) is 46.9 Å². The van der Waals surface area contributed by atoms with E-state index in [9.17, 15) is 12.8 Å². The highest BCUT2D eigenvalue weighted by atomic mass is 79.9. The number of anilines is 1. The minimum absolute atomic E-state index is 0.0839. The van der Waals surface area contributed by atoms with Crippen LogP contribution in [0.5, 0.6) is 0 Å². The van der Waals surface area contributed by atoms with Crippen LogP contribution in [-0.4, -0.2) is 8.42 Å². The lowest BCUT2D eigenvalue weighted by molar-refractivity contribution is 0.597. The summed E-state index contributed by atoms with van der Waals surface area (Å²) < 4.78 is 40.6. The molecule has 0 heterocycles. The molecule has 0 bridgehead atoms. The Labute approximate surface area is 131 Å². The van der Waals surface area contributed by atoms with E-state index < -0.39 is 15.8 Å². The van der Waals surface area contributed by atoms with Gasteiger partial charge in [0.15, 0.2) is 0 Å². The van der Waals surface area contributed by atoms with Crippen LogP contribution in [0.1, 0.15) is 11.1 Å². The summed E-state index contributed by atoms with van der Waals surface area (Å²) in [5, 5.41) is 0. The van der Waals surface area contributed by atoms with Crippen molar-refractivity contribution in [2.45, 2.75) is 12.3 Å². The molecule has 0 aliphatic rings. The second-order valence-corrected chi connectivity index (χ2v) is 7.15. The molecule has 0 aliphatic carbocycles. The molecular formula is C14H14BrFN2O2S. The summed E-state index contributed by atoms with van der Waals surface area (Å²) in [6.45, 7) is 0.335. The minimum atomic E-state index is -3.70. The van der Waals surface area contributed by atoms with Gasteiger partial charge in [-0.15, -0.1) is 0 Å². The van der Waals surface area contributed by atoms with Gasteiger partial charge in [-0.05, 0) is 29.3 Å². The smallest absolute Gasteiger partial charge is 0.237 e. The van der Waals surface area contributed by atoms with Crippen LogP contribution in [-0.2, 0) is 22.3 Å². The second-order valence-electron chi connectivity index (χ2n) is 4.51. The van der Waals surface area contributed by atoms with E-state index >= 15 is 0 Å². The molecule has 0 spiro atoms. The van der Waals surface area contributed by atoms with E-state index in [4.69, 9.17) is 5.73 Å². The Morgan fingerprint density at radius 3 is 2.57 bits per heavy atom. The lowest BCUT2D eigenvalue weighted by atomic mass is 10.1. The molecule has 0 amide bonds. The second kappa shape index (κ2) is 6.55. The fourth-order valence-electron chi connectivity index (χ4n) is 1.85. The molecule has 3 N–H and O–H groups in total. The lowest BCUT2D eigenvalue weighted by Gasteiger charge is -2.10. The van der Waals surface area contributed by atoms with Crippen molar-refractivity contribution in [1.82, 2.24) is 0 Å². The van der Waals surface area contributed by atoms with Gasteiger partial charge in [0.2, 0.25) is 10.0 Å². The zero-order chi connectivity index (χ0) is 15.5. The molecule has 0 radical (unpaired) electrons. The van der Waals surface area contributed by atoms with Gasteiger partial charge < -0.3 is 5.73 Å². The Kier molecular flexibility index (Phi) is 4.97. The number of nitrogens with two attached hydrogens (primary N) is 1. The maximum atomic E-state index is 13.6. The summed E-state index contributed by atoms with van der Waals surface area (Å²) in [6, 6.07) is 11.0. The van der Waals surface area contributed by atoms with E-state index in [0.717, 1.165) is 5.56 Å². The Hall–Kier alpha value is -1.44. The normalized spacial score (nSPS) is 11.4. The van der Waals surface area contributed by atoms with Crippen molar-refractivity contribution in [2.75, 3.05) is 4.72 Å². The number of rotatable bonds is 5. The first kappa shape index (κ1) is 15.9. The molecule has 0 aromatic heterocycles. The van der Waals surface area contributed by atoms with E-state index in [1.807, 2.05) is 6.07 Å². The minimum Gasteiger partial charge on any atom is -0.326 e. The topological polar surface area (TPSA) is 72.2 Å². The van der Waals surface area contributed by atoms with Crippen LogP contribution < -0.4 is 10.5 Å². The van der Waals surface area contributed by atoms with Gasteiger partial charge >= 0.3 is 0 Å². The molecule has 21 heavy (non-hydrogen) atoms. The average Bonchev–Trinajstić information content (AvgIpc) is 2.42. The molecule has 2 aromatic carbocycles. The van der Waals surface area contributed by atoms with Crippen LogP contribution in [0.3, 0.4) is 0 Å². The number of nitrogens with one attached hydrogen (secondary N) is 1. The molecule has 4 nitrogen and oxygen atoms in total. The van der Waals surface area contributed by atoms with E-state index in [1.54, 1.807) is 18.2 Å². The molecule has 2 aromatic rings. The number of sulfonamides is 1. The van der Waals surface area contributed by atoms with Crippen LogP contribution in [0.2, 0.25) is 0 Å². The summed E-state index contributed by atoms with van der Waals surface area (Å²) in [5.41, 5.74) is 6.88. The maximum absolute atomic E-state index is 13.6. The maximum Gasteiger partial charge on any atom is 0.237 e.